The van der Waals surface area contributed by atoms with Crippen LogP contribution in [0.15, 0.2) is 66.7 Å². The standard InChI is InChI=1S/C31H32O5/c1-5-9-21-12-14-24(28(18-21)35-20-22-10-7-6-8-11-22)26(30(33)34-4)19-23-13-15-27-25(29(23)32)16-17-31(2,3)36-27/h6-8,10-19,32H,5,9,20H2,1-4H3. The lowest BCUT2D eigenvalue weighted by Gasteiger charge is -2.28. The van der Waals surface area contributed by atoms with E-state index < -0.39 is 11.6 Å². The molecule has 0 unspecified atom stereocenters. The molecule has 0 bridgehead atoms. The molecule has 5 nitrogen and oxygen atoms in total. The minimum absolute atomic E-state index is 0.0370. The van der Waals surface area contributed by atoms with Gasteiger partial charge in [-0.1, -0.05) is 55.8 Å². The van der Waals surface area contributed by atoms with E-state index in [0.29, 0.717) is 40.4 Å². The largest absolute Gasteiger partial charge is 0.507 e. The van der Waals surface area contributed by atoms with Gasteiger partial charge in [-0.3, -0.25) is 0 Å². The fourth-order valence-corrected chi connectivity index (χ4v) is 4.17. The summed E-state index contributed by atoms with van der Waals surface area (Å²) in [6, 6.07) is 19.3. The van der Waals surface area contributed by atoms with Gasteiger partial charge in [-0.2, -0.15) is 0 Å². The van der Waals surface area contributed by atoms with Gasteiger partial charge in [0, 0.05) is 11.1 Å². The van der Waals surface area contributed by atoms with E-state index in [1.165, 1.54) is 7.11 Å². The molecule has 5 heteroatoms. The number of carbonyl (C=O) groups excluding carboxylic acids is 1. The minimum atomic E-state index is -0.521. The minimum Gasteiger partial charge on any atom is -0.507 e. The van der Waals surface area contributed by atoms with Gasteiger partial charge in [0.25, 0.3) is 0 Å². The topological polar surface area (TPSA) is 65.0 Å². The van der Waals surface area contributed by atoms with Crippen LogP contribution in [0.5, 0.6) is 17.2 Å². The Balaban J connectivity index is 1.78. The van der Waals surface area contributed by atoms with Gasteiger partial charge in [0.05, 0.1) is 18.2 Å². The summed E-state index contributed by atoms with van der Waals surface area (Å²) in [7, 11) is 1.34. The molecule has 186 valence electrons. The van der Waals surface area contributed by atoms with Crippen LogP contribution in [0.2, 0.25) is 0 Å². The number of fused-ring (bicyclic) bond motifs is 1. The van der Waals surface area contributed by atoms with E-state index >= 15 is 0 Å². The Morgan fingerprint density at radius 2 is 1.83 bits per heavy atom. The van der Waals surface area contributed by atoms with Crippen LogP contribution in [0.25, 0.3) is 17.7 Å². The molecule has 0 radical (unpaired) electrons. The highest BCUT2D eigenvalue weighted by molar-refractivity contribution is 6.22. The Morgan fingerprint density at radius 1 is 1.06 bits per heavy atom. The Bertz CT molecular complexity index is 1300. The summed E-state index contributed by atoms with van der Waals surface area (Å²) in [4.78, 5) is 13.0. The van der Waals surface area contributed by atoms with Gasteiger partial charge in [-0.25, -0.2) is 4.79 Å². The Labute approximate surface area is 212 Å². The van der Waals surface area contributed by atoms with Gasteiger partial charge in [-0.15, -0.1) is 0 Å². The number of phenols is 1. The molecule has 0 aromatic heterocycles. The predicted molar refractivity (Wildman–Crippen MR) is 143 cm³/mol. The summed E-state index contributed by atoms with van der Waals surface area (Å²) in [6.07, 6.45) is 7.27. The van der Waals surface area contributed by atoms with Crippen molar-refractivity contribution in [2.75, 3.05) is 7.11 Å². The predicted octanol–water partition coefficient (Wildman–Crippen LogP) is 6.82. The number of phenolic OH excluding ortho intramolecular Hbond substituents is 1. The Kier molecular flexibility index (Phi) is 7.49. The van der Waals surface area contributed by atoms with Crippen molar-refractivity contribution >= 4 is 23.7 Å². The Hall–Kier alpha value is -3.99. The van der Waals surface area contributed by atoms with Gasteiger partial charge < -0.3 is 19.3 Å². The van der Waals surface area contributed by atoms with Gasteiger partial charge in [-0.05, 0) is 67.8 Å². The molecular formula is C31H32O5. The monoisotopic (exact) mass is 484 g/mol. The van der Waals surface area contributed by atoms with Crippen LogP contribution in [0, 0.1) is 0 Å². The van der Waals surface area contributed by atoms with Crippen LogP contribution < -0.4 is 9.47 Å². The lowest BCUT2D eigenvalue weighted by atomic mass is 9.96. The maximum atomic E-state index is 13.0. The van der Waals surface area contributed by atoms with Gasteiger partial charge in [0.2, 0.25) is 0 Å². The number of hydrogen-bond donors (Lipinski definition) is 1. The summed E-state index contributed by atoms with van der Waals surface area (Å²) in [5, 5.41) is 11.0. The molecule has 0 atom stereocenters. The average Bonchev–Trinajstić information content (AvgIpc) is 2.87. The van der Waals surface area contributed by atoms with Crippen molar-refractivity contribution in [3.05, 3.63) is 94.6 Å². The molecule has 1 N–H and O–H groups in total. The number of benzene rings is 3. The van der Waals surface area contributed by atoms with E-state index in [1.807, 2.05) is 74.5 Å². The van der Waals surface area contributed by atoms with E-state index in [0.717, 1.165) is 24.0 Å². The third kappa shape index (κ3) is 5.62. The molecule has 0 amide bonds. The van der Waals surface area contributed by atoms with E-state index in [1.54, 1.807) is 18.2 Å². The lowest BCUT2D eigenvalue weighted by Crippen LogP contribution is -2.27. The van der Waals surface area contributed by atoms with Crippen LogP contribution in [0.4, 0.5) is 0 Å². The third-order valence-electron chi connectivity index (χ3n) is 6.05. The molecule has 1 heterocycles. The van der Waals surface area contributed by atoms with Crippen molar-refractivity contribution in [1.82, 2.24) is 0 Å². The second-order valence-corrected chi connectivity index (χ2v) is 9.36. The number of ether oxygens (including phenoxy) is 3. The lowest BCUT2D eigenvalue weighted by molar-refractivity contribution is -0.133. The fourth-order valence-electron chi connectivity index (χ4n) is 4.17. The quantitative estimate of drug-likeness (QED) is 0.216. The molecule has 0 saturated heterocycles. The summed E-state index contributed by atoms with van der Waals surface area (Å²) < 4.78 is 17.3. The van der Waals surface area contributed by atoms with Crippen LogP contribution >= 0.6 is 0 Å². The zero-order valence-corrected chi connectivity index (χ0v) is 21.2. The van der Waals surface area contributed by atoms with Gasteiger partial charge in [0.1, 0.15) is 29.5 Å². The molecular weight excluding hydrogens is 452 g/mol. The zero-order valence-electron chi connectivity index (χ0n) is 21.2. The molecule has 1 aliphatic heterocycles. The number of carbonyl (C=O) groups is 1. The molecule has 3 aromatic rings. The smallest absolute Gasteiger partial charge is 0.338 e. The van der Waals surface area contributed by atoms with Crippen LogP contribution in [-0.2, 0) is 22.6 Å². The highest BCUT2D eigenvalue weighted by Crippen LogP contribution is 2.40. The highest BCUT2D eigenvalue weighted by atomic mass is 16.5. The van der Waals surface area contributed by atoms with Crippen LogP contribution in [0.3, 0.4) is 0 Å². The number of esters is 1. The summed E-state index contributed by atoms with van der Waals surface area (Å²) >= 11 is 0. The van der Waals surface area contributed by atoms with Crippen molar-refractivity contribution in [1.29, 1.82) is 0 Å². The number of hydrogen-bond acceptors (Lipinski definition) is 5. The third-order valence-corrected chi connectivity index (χ3v) is 6.05. The number of rotatable bonds is 8. The fraction of sp³-hybridized carbons (Fsp3) is 0.258. The molecule has 4 rings (SSSR count). The van der Waals surface area contributed by atoms with Gasteiger partial charge >= 0.3 is 5.97 Å². The molecule has 1 aliphatic rings. The van der Waals surface area contributed by atoms with Gasteiger partial charge in [0.15, 0.2) is 0 Å². The summed E-state index contributed by atoms with van der Waals surface area (Å²) in [5.74, 6) is 0.694. The average molecular weight is 485 g/mol. The second kappa shape index (κ2) is 10.7. The molecule has 36 heavy (non-hydrogen) atoms. The van der Waals surface area contributed by atoms with Crippen molar-refractivity contribution in [2.45, 2.75) is 45.8 Å². The van der Waals surface area contributed by atoms with Crippen molar-refractivity contribution in [3.63, 3.8) is 0 Å². The van der Waals surface area contributed by atoms with Crippen LogP contribution in [-0.4, -0.2) is 23.8 Å². The first-order chi connectivity index (χ1) is 17.3. The molecule has 0 spiro atoms. The molecule has 3 aromatic carbocycles. The van der Waals surface area contributed by atoms with Crippen molar-refractivity contribution < 1.29 is 24.1 Å². The van der Waals surface area contributed by atoms with Crippen LogP contribution in [0.1, 0.15) is 55.0 Å². The van der Waals surface area contributed by atoms with E-state index in [9.17, 15) is 9.90 Å². The van der Waals surface area contributed by atoms with Crippen molar-refractivity contribution in [2.24, 2.45) is 0 Å². The number of aromatic hydroxyl groups is 1. The molecule has 0 aliphatic carbocycles. The second-order valence-electron chi connectivity index (χ2n) is 9.36. The Morgan fingerprint density at radius 3 is 2.56 bits per heavy atom. The maximum absolute atomic E-state index is 13.0. The highest BCUT2D eigenvalue weighted by Gasteiger charge is 2.25. The maximum Gasteiger partial charge on any atom is 0.338 e. The first-order valence-electron chi connectivity index (χ1n) is 12.2. The number of methoxy groups -OCH3 is 1. The molecule has 0 saturated carbocycles. The van der Waals surface area contributed by atoms with E-state index in [-0.39, 0.29) is 5.75 Å². The first kappa shape index (κ1) is 25.1. The number of aryl methyl sites for hydroxylation is 1. The zero-order chi connectivity index (χ0) is 25.7. The summed E-state index contributed by atoms with van der Waals surface area (Å²) in [6.45, 7) is 6.38. The van der Waals surface area contributed by atoms with Crippen molar-refractivity contribution in [3.8, 4) is 17.2 Å². The molecule has 0 fully saturated rings. The normalized spacial score (nSPS) is 14.1. The summed E-state index contributed by atoms with van der Waals surface area (Å²) in [5.41, 5.74) is 3.63. The first-order valence-corrected chi connectivity index (χ1v) is 12.2. The SMILES string of the molecule is CCCc1ccc(C(=Cc2ccc3c(c2O)C=CC(C)(C)O3)C(=O)OC)c(OCc2ccccc2)c1. The van der Waals surface area contributed by atoms with E-state index in [2.05, 4.69) is 6.92 Å². The van der Waals surface area contributed by atoms with E-state index in [4.69, 9.17) is 14.2 Å².